The lowest BCUT2D eigenvalue weighted by Crippen LogP contribution is -2.11. The molecule has 0 bridgehead atoms. The summed E-state index contributed by atoms with van der Waals surface area (Å²) in [7, 11) is 0. The van der Waals surface area contributed by atoms with Crippen LogP contribution in [0.1, 0.15) is 24.4 Å². The van der Waals surface area contributed by atoms with Crippen molar-refractivity contribution in [2.75, 3.05) is 5.32 Å². The number of fused-ring (bicyclic) bond motifs is 1. The van der Waals surface area contributed by atoms with Gasteiger partial charge in [0.15, 0.2) is 0 Å². The van der Waals surface area contributed by atoms with E-state index in [2.05, 4.69) is 5.32 Å². The number of para-hydroxylation sites is 1. The molecular weight excluding hydrogens is 314 g/mol. The molecule has 0 fully saturated rings. The highest BCUT2D eigenvalue weighted by molar-refractivity contribution is 6.31. The van der Waals surface area contributed by atoms with E-state index in [-0.39, 0.29) is 17.8 Å². The Morgan fingerprint density at radius 1 is 1.13 bits per heavy atom. The fourth-order valence-electron chi connectivity index (χ4n) is 2.27. The molecule has 0 aliphatic carbocycles. The van der Waals surface area contributed by atoms with Gasteiger partial charge in [-0.25, -0.2) is 0 Å². The second-order valence-corrected chi connectivity index (χ2v) is 5.83. The summed E-state index contributed by atoms with van der Waals surface area (Å²) in [6.07, 6.45) is -0.0756. The SMILES string of the molecule is CC(C)Oc1oc(C(=O)Nc2ccccc2)c2ccc(Cl)cc12. The number of ether oxygens (including phenoxy) is 1. The maximum Gasteiger partial charge on any atom is 0.293 e. The molecule has 0 aliphatic heterocycles. The summed E-state index contributed by atoms with van der Waals surface area (Å²) in [6, 6.07) is 14.4. The minimum Gasteiger partial charge on any atom is -0.462 e. The quantitative estimate of drug-likeness (QED) is 0.722. The Hall–Kier alpha value is -2.46. The van der Waals surface area contributed by atoms with Gasteiger partial charge in [0.2, 0.25) is 5.76 Å². The number of carbonyl (C=O) groups is 1. The molecule has 4 nitrogen and oxygen atoms in total. The number of amides is 1. The molecule has 23 heavy (non-hydrogen) atoms. The molecule has 0 spiro atoms. The van der Waals surface area contributed by atoms with Crippen LogP contribution in [0.4, 0.5) is 5.69 Å². The zero-order valence-electron chi connectivity index (χ0n) is 12.8. The van der Waals surface area contributed by atoms with E-state index < -0.39 is 0 Å². The molecule has 0 unspecified atom stereocenters. The van der Waals surface area contributed by atoms with Crippen LogP contribution in [-0.4, -0.2) is 12.0 Å². The average Bonchev–Trinajstić information content (AvgIpc) is 2.86. The fourth-order valence-corrected chi connectivity index (χ4v) is 2.44. The highest BCUT2D eigenvalue weighted by Gasteiger charge is 2.21. The zero-order valence-corrected chi connectivity index (χ0v) is 13.6. The molecule has 0 aliphatic rings. The predicted molar refractivity (Wildman–Crippen MR) is 91.4 cm³/mol. The van der Waals surface area contributed by atoms with E-state index in [0.717, 1.165) is 0 Å². The van der Waals surface area contributed by atoms with Crippen molar-refractivity contribution in [2.45, 2.75) is 20.0 Å². The van der Waals surface area contributed by atoms with Crippen LogP contribution < -0.4 is 10.1 Å². The van der Waals surface area contributed by atoms with Crippen molar-refractivity contribution in [3.63, 3.8) is 0 Å². The van der Waals surface area contributed by atoms with Crippen molar-refractivity contribution in [1.82, 2.24) is 0 Å². The van der Waals surface area contributed by atoms with Gasteiger partial charge in [-0.1, -0.05) is 29.8 Å². The normalized spacial score (nSPS) is 11.0. The lowest BCUT2D eigenvalue weighted by atomic mass is 10.1. The average molecular weight is 330 g/mol. The Labute approximate surface area is 139 Å². The number of halogens is 1. The molecule has 3 rings (SSSR count). The summed E-state index contributed by atoms with van der Waals surface area (Å²) < 4.78 is 11.3. The van der Waals surface area contributed by atoms with E-state index in [1.165, 1.54) is 0 Å². The van der Waals surface area contributed by atoms with Crippen molar-refractivity contribution in [2.24, 2.45) is 0 Å². The van der Waals surface area contributed by atoms with E-state index in [1.54, 1.807) is 18.2 Å². The summed E-state index contributed by atoms with van der Waals surface area (Å²) in [6.45, 7) is 3.78. The topological polar surface area (TPSA) is 51.5 Å². The van der Waals surface area contributed by atoms with E-state index in [9.17, 15) is 4.79 Å². The first kappa shape index (κ1) is 15.4. The minimum atomic E-state index is -0.331. The number of hydrogen-bond acceptors (Lipinski definition) is 3. The van der Waals surface area contributed by atoms with Gasteiger partial charge in [0, 0.05) is 16.1 Å². The maximum absolute atomic E-state index is 12.5. The summed E-state index contributed by atoms with van der Waals surface area (Å²) in [5, 5.41) is 4.72. The summed E-state index contributed by atoms with van der Waals surface area (Å²) in [5.74, 6) is 0.175. The molecule has 0 radical (unpaired) electrons. The molecule has 3 aromatic rings. The molecule has 1 heterocycles. The third-order valence-electron chi connectivity index (χ3n) is 3.22. The summed E-state index contributed by atoms with van der Waals surface area (Å²) >= 11 is 6.05. The monoisotopic (exact) mass is 329 g/mol. The lowest BCUT2D eigenvalue weighted by Gasteiger charge is -2.06. The Morgan fingerprint density at radius 3 is 2.57 bits per heavy atom. The van der Waals surface area contributed by atoms with Crippen LogP contribution in [0, 0.1) is 0 Å². The fraction of sp³-hybridized carbons (Fsp3) is 0.167. The molecule has 1 N–H and O–H groups in total. The number of benzene rings is 2. The van der Waals surface area contributed by atoms with Gasteiger partial charge in [-0.2, -0.15) is 0 Å². The van der Waals surface area contributed by atoms with Crippen LogP contribution in [-0.2, 0) is 0 Å². The van der Waals surface area contributed by atoms with Gasteiger partial charge in [-0.3, -0.25) is 4.79 Å². The van der Waals surface area contributed by atoms with Crippen molar-refractivity contribution >= 4 is 34.0 Å². The standard InChI is InChI=1S/C18H16ClNO3/c1-11(2)22-18-15-10-12(19)8-9-14(15)16(23-18)17(21)20-13-6-4-3-5-7-13/h3-11H,1-2H3,(H,20,21). The van der Waals surface area contributed by atoms with Gasteiger partial charge in [0.25, 0.3) is 11.9 Å². The van der Waals surface area contributed by atoms with Gasteiger partial charge >= 0.3 is 0 Å². The van der Waals surface area contributed by atoms with Gasteiger partial charge < -0.3 is 14.5 Å². The Kier molecular flexibility index (Phi) is 4.26. The first-order valence-corrected chi connectivity index (χ1v) is 7.67. The molecule has 0 atom stereocenters. The number of anilines is 1. The third-order valence-corrected chi connectivity index (χ3v) is 3.46. The number of nitrogens with one attached hydrogen (secondary N) is 1. The first-order valence-electron chi connectivity index (χ1n) is 7.29. The van der Waals surface area contributed by atoms with Gasteiger partial charge in [0.05, 0.1) is 11.5 Å². The smallest absolute Gasteiger partial charge is 0.293 e. The van der Waals surface area contributed by atoms with Crippen LogP contribution in [0.25, 0.3) is 10.8 Å². The van der Waals surface area contributed by atoms with E-state index in [4.69, 9.17) is 20.8 Å². The number of carbonyl (C=O) groups excluding carboxylic acids is 1. The number of furan rings is 1. The van der Waals surface area contributed by atoms with E-state index >= 15 is 0 Å². The molecular formula is C18H16ClNO3. The first-order chi connectivity index (χ1) is 11.0. The highest BCUT2D eigenvalue weighted by Crippen LogP contribution is 2.35. The van der Waals surface area contributed by atoms with Crippen LogP contribution in [0.3, 0.4) is 0 Å². The second-order valence-electron chi connectivity index (χ2n) is 5.40. The lowest BCUT2D eigenvalue weighted by molar-refractivity contribution is 0.0984. The van der Waals surface area contributed by atoms with E-state index in [1.807, 2.05) is 44.2 Å². The van der Waals surface area contributed by atoms with Crippen LogP contribution in [0.15, 0.2) is 52.9 Å². The van der Waals surface area contributed by atoms with Crippen molar-refractivity contribution < 1.29 is 13.9 Å². The van der Waals surface area contributed by atoms with Gasteiger partial charge in [-0.05, 0) is 44.2 Å². The number of hydrogen-bond donors (Lipinski definition) is 1. The maximum atomic E-state index is 12.5. The van der Waals surface area contributed by atoms with E-state index in [0.29, 0.717) is 27.4 Å². The third kappa shape index (κ3) is 3.32. The Bertz CT molecular complexity index is 840. The molecule has 5 heteroatoms. The second kappa shape index (κ2) is 6.34. The highest BCUT2D eigenvalue weighted by atomic mass is 35.5. The van der Waals surface area contributed by atoms with Crippen LogP contribution in [0.5, 0.6) is 5.95 Å². The molecule has 1 aromatic heterocycles. The molecule has 0 saturated heterocycles. The number of rotatable bonds is 4. The van der Waals surface area contributed by atoms with Crippen molar-refractivity contribution in [3.05, 3.63) is 59.3 Å². The van der Waals surface area contributed by atoms with Crippen LogP contribution >= 0.6 is 11.6 Å². The molecule has 2 aromatic carbocycles. The minimum absolute atomic E-state index is 0.0756. The molecule has 118 valence electrons. The Morgan fingerprint density at radius 2 is 1.87 bits per heavy atom. The van der Waals surface area contributed by atoms with Crippen molar-refractivity contribution in [3.8, 4) is 5.95 Å². The van der Waals surface area contributed by atoms with Gasteiger partial charge in [0.1, 0.15) is 0 Å². The van der Waals surface area contributed by atoms with Crippen LogP contribution in [0.2, 0.25) is 5.02 Å². The summed E-state index contributed by atoms with van der Waals surface area (Å²) in [5.41, 5.74) is 0.697. The summed E-state index contributed by atoms with van der Waals surface area (Å²) in [4.78, 5) is 12.5. The Balaban J connectivity index is 2.01. The largest absolute Gasteiger partial charge is 0.462 e. The molecule has 1 amide bonds. The van der Waals surface area contributed by atoms with Crippen molar-refractivity contribution in [1.29, 1.82) is 0 Å². The predicted octanol–water partition coefficient (Wildman–Crippen LogP) is 5.13. The van der Waals surface area contributed by atoms with Gasteiger partial charge in [-0.15, -0.1) is 0 Å². The molecule has 0 saturated carbocycles. The zero-order chi connectivity index (χ0) is 16.4.